The monoisotopic (exact) mass is 281 g/mol. The van der Waals surface area contributed by atoms with E-state index in [1.54, 1.807) is 7.11 Å². The van der Waals surface area contributed by atoms with Gasteiger partial charge in [0, 0.05) is 6.42 Å². The van der Waals surface area contributed by atoms with Crippen LogP contribution in [-0.4, -0.2) is 13.0 Å². The van der Waals surface area contributed by atoms with Crippen molar-refractivity contribution < 1.29 is 9.53 Å². The molecule has 0 aliphatic carbocycles. The summed E-state index contributed by atoms with van der Waals surface area (Å²) in [7, 11) is 1.64. The van der Waals surface area contributed by atoms with E-state index in [-0.39, 0.29) is 5.91 Å². The highest BCUT2D eigenvalue weighted by atomic mass is 16.5. The summed E-state index contributed by atoms with van der Waals surface area (Å²) in [6.07, 6.45) is 2.49. The lowest BCUT2D eigenvalue weighted by Gasteiger charge is -2.13. The lowest BCUT2D eigenvalue weighted by atomic mass is 10.1. The number of hydrogen-bond donors (Lipinski definition) is 1. The van der Waals surface area contributed by atoms with Crippen molar-refractivity contribution in [3.05, 3.63) is 23.8 Å². The molecule has 1 amide bonds. The van der Waals surface area contributed by atoms with Crippen LogP contribution in [-0.2, 0) is 11.2 Å². The van der Waals surface area contributed by atoms with Crippen molar-refractivity contribution in [3.8, 4) is 5.75 Å². The molecular formula is C17H31NO2. The highest BCUT2D eigenvalue weighted by Gasteiger charge is 2.09. The van der Waals surface area contributed by atoms with Crippen LogP contribution in [0.15, 0.2) is 18.2 Å². The van der Waals surface area contributed by atoms with Crippen molar-refractivity contribution >= 4 is 11.6 Å². The van der Waals surface area contributed by atoms with E-state index >= 15 is 0 Å². The molecule has 3 heteroatoms. The lowest BCUT2D eigenvalue weighted by molar-refractivity contribution is -0.115. The standard InChI is InChI=1S/C13H19NO2.2C2H6/c1-4-7-10-8-6-9-11(13(10)16-3)14-12(15)5-2;2*1-2/h6,8-9H,4-5,7H2,1-3H3,(H,14,15);2*1-2H3. The third-order valence-corrected chi connectivity index (χ3v) is 2.42. The van der Waals surface area contributed by atoms with Crippen molar-refractivity contribution in [1.82, 2.24) is 0 Å². The second kappa shape index (κ2) is 13.9. The number of hydrogen-bond acceptors (Lipinski definition) is 2. The smallest absolute Gasteiger partial charge is 0.224 e. The summed E-state index contributed by atoms with van der Waals surface area (Å²) in [4.78, 5) is 11.4. The summed E-state index contributed by atoms with van der Waals surface area (Å²) >= 11 is 0. The minimum absolute atomic E-state index is 0.00643. The molecular weight excluding hydrogens is 250 g/mol. The second-order valence-corrected chi connectivity index (χ2v) is 3.65. The van der Waals surface area contributed by atoms with Gasteiger partial charge in [-0.2, -0.15) is 0 Å². The van der Waals surface area contributed by atoms with Gasteiger partial charge in [-0.25, -0.2) is 0 Å². The van der Waals surface area contributed by atoms with Crippen LogP contribution in [0.25, 0.3) is 0 Å². The Morgan fingerprint density at radius 1 is 1.15 bits per heavy atom. The maximum Gasteiger partial charge on any atom is 0.224 e. The third-order valence-electron chi connectivity index (χ3n) is 2.42. The fourth-order valence-electron chi connectivity index (χ4n) is 1.63. The molecule has 1 rings (SSSR count). The number of methoxy groups -OCH3 is 1. The van der Waals surface area contributed by atoms with Crippen LogP contribution in [0.3, 0.4) is 0 Å². The Morgan fingerprint density at radius 3 is 2.20 bits per heavy atom. The molecule has 1 aromatic rings. The molecule has 0 radical (unpaired) electrons. The highest BCUT2D eigenvalue weighted by molar-refractivity contribution is 5.92. The van der Waals surface area contributed by atoms with E-state index in [0.29, 0.717) is 6.42 Å². The van der Waals surface area contributed by atoms with Gasteiger partial charge in [0.1, 0.15) is 5.75 Å². The number of amides is 1. The minimum atomic E-state index is 0.00643. The van der Waals surface area contributed by atoms with Crippen LogP contribution in [0.4, 0.5) is 5.69 Å². The highest BCUT2D eigenvalue weighted by Crippen LogP contribution is 2.29. The molecule has 0 fully saturated rings. The molecule has 0 saturated carbocycles. The minimum Gasteiger partial charge on any atom is -0.494 e. The van der Waals surface area contributed by atoms with Crippen LogP contribution in [0.2, 0.25) is 0 Å². The Hall–Kier alpha value is -1.51. The van der Waals surface area contributed by atoms with Crippen LogP contribution in [0.1, 0.15) is 59.9 Å². The van der Waals surface area contributed by atoms with Gasteiger partial charge in [0.2, 0.25) is 5.91 Å². The van der Waals surface area contributed by atoms with Gasteiger partial charge < -0.3 is 10.1 Å². The van der Waals surface area contributed by atoms with Gasteiger partial charge in [-0.15, -0.1) is 0 Å². The van der Waals surface area contributed by atoms with Gasteiger partial charge in [-0.3, -0.25) is 4.79 Å². The van der Waals surface area contributed by atoms with Gasteiger partial charge in [0.15, 0.2) is 0 Å². The van der Waals surface area contributed by atoms with E-state index in [2.05, 4.69) is 12.2 Å². The van der Waals surface area contributed by atoms with Crippen molar-refractivity contribution in [2.45, 2.75) is 60.8 Å². The number of ether oxygens (including phenoxy) is 1. The molecule has 116 valence electrons. The number of benzene rings is 1. The summed E-state index contributed by atoms with van der Waals surface area (Å²) < 4.78 is 5.36. The summed E-state index contributed by atoms with van der Waals surface area (Å²) in [5, 5.41) is 2.85. The van der Waals surface area contributed by atoms with E-state index in [4.69, 9.17) is 4.74 Å². The zero-order valence-electron chi connectivity index (χ0n) is 14.2. The lowest BCUT2D eigenvalue weighted by Crippen LogP contribution is -2.11. The van der Waals surface area contributed by atoms with E-state index in [1.165, 1.54) is 0 Å². The topological polar surface area (TPSA) is 38.3 Å². The molecule has 1 aromatic carbocycles. The summed E-state index contributed by atoms with van der Waals surface area (Å²) in [5.41, 5.74) is 1.90. The first kappa shape index (κ1) is 20.8. The van der Waals surface area contributed by atoms with Gasteiger partial charge in [-0.05, 0) is 18.1 Å². The molecule has 0 unspecified atom stereocenters. The quantitative estimate of drug-likeness (QED) is 0.820. The van der Waals surface area contributed by atoms with Gasteiger partial charge in [0.25, 0.3) is 0 Å². The van der Waals surface area contributed by atoms with Crippen LogP contribution >= 0.6 is 0 Å². The second-order valence-electron chi connectivity index (χ2n) is 3.65. The third kappa shape index (κ3) is 7.17. The molecule has 20 heavy (non-hydrogen) atoms. The maximum atomic E-state index is 11.4. The van der Waals surface area contributed by atoms with Crippen molar-refractivity contribution in [2.24, 2.45) is 0 Å². The molecule has 0 aliphatic rings. The first-order valence-corrected chi connectivity index (χ1v) is 7.68. The largest absolute Gasteiger partial charge is 0.494 e. The molecule has 0 aromatic heterocycles. The Balaban J connectivity index is 0. The molecule has 0 atom stereocenters. The summed E-state index contributed by atoms with van der Waals surface area (Å²) in [6.45, 7) is 12.0. The van der Waals surface area contributed by atoms with Crippen molar-refractivity contribution in [1.29, 1.82) is 0 Å². The maximum absolute atomic E-state index is 11.4. The van der Waals surface area contributed by atoms with Crippen LogP contribution in [0, 0.1) is 0 Å². The Labute approximate surface area is 124 Å². The SMILES string of the molecule is CC.CC.CCCc1cccc(NC(=O)CC)c1OC. The van der Waals surface area contributed by atoms with E-state index in [9.17, 15) is 4.79 Å². The molecule has 1 N–H and O–H groups in total. The number of carbonyl (C=O) groups is 1. The fraction of sp³-hybridized carbons (Fsp3) is 0.588. The number of carbonyl (C=O) groups excluding carboxylic acids is 1. The van der Waals surface area contributed by atoms with Crippen molar-refractivity contribution in [2.75, 3.05) is 12.4 Å². The molecule has 0 heterocycles. The number of nitrogens with one attached hydrogen (secondary N) is 1. The predicted molar refractivity (Wildman–Crippen MR) is 88.6 cm³/mol. The van der Waals surface area contributed by atoms with Crippen molar-refractivity contribution in [3.63, 3.8) is 0 Å². The fourth-order valence-corrected chi connectivity index (χ4v) is 1.63. The molecule has 0 aliphatic heterocycles. The Bertz CT molecular complexity index is 362. The Morgan fingerprint density at radius 2 is 1.75 bits per heavy atom. The van der Waals surface area contributed by atoms with Crippen LogP contribution in [0.5, 0.6) is 5.75 Å². The number of para-hydroxylation sites is 1. The number of aryl methyl sites for hydroxylation is 1. The van der Waals surface area contributed by atoms with Gasteiger partial charge >= 0.3 is 0 Å². The summed E-state index contributed by atoms with van der Waals surface area (Å²) in [5.74, 6) is 0.790. The first-order valence-electron chi connectivity index (χ1n) is 7.68. The first-order chi connectivity index (χ1) is 9.72. The number of anilines is 1. The van der Waals surface area contributed by atoms with E-state index in [0.717, 1.165) is 29.8 Å². The zero-order valence-corrected chi connectivity index (χ0v) is 14.2. The summed E-state index contributed by atoms with van der Waals surface area (Å²) in [6, 6.07) is 5.84. The molecule has 0 bridgehead atoms. The molecule has 0 saturated heterocycles. The average molecular weight is 281 g/mol. The predicted octanol–water partition coefficient (Wildman–Crippen LogP) is 5.05. The van der Waals surface area contributed by atoms with E-state index < -0.39 is 0 Å². The Kier molecular flexibility index (Phi) is 14.5. The normalized spacial score (nSPS) is 8.55. The average Bonchev–Trinajstić information content (AvgIpc) is 2.52. The molecule has 3 nitrogen and oxygen atoms in total. The zero-order chi connectivity index (χ0) is 16.0. The van der Waals surface area contributed by atoms with Gasteiger partial charge in [0.05, 0.1) is 12.8 Å². The van der Waals surface area contributed by atoms with E-state index in [1.807, 2.05) is 52.8 Å². The number of rotatable bonds is 5. The van der Waals surface area contributed by atoms with Gasteiger partial charge in [-0.1, -0.05) is 60.1 Å². The molecule has 0 spiro atoms. The van der Waals surface area contributed by atoms with Crippen LogP contribution < -0.4 is 10.1 Å².